The first kappa shape index (κ1) is 13.4. The second-order valence-corrected chi connectivity index (χ2v) is 4.73. The van der Waals surface area contributed by atoms with E-state index >= 15 is 0 Å². The van der Waals surface area contributed by atoms with Gasteiger partial charge in [0.1, 0.15) is 6.61 Å². The van der Waals surface area contributed by atoms with Crippen LogP contribution in [0, 0.1) is 5.82 Å². The number of benzene rings is 3. The van der Waals surface area contributed by atoms with Crippen LogP contribution in [0.25, 0.3) is 10.8 Å². The predicted molar refractivity (Wildman–Crippen MR) is 84.3 cm³/mol. The highest BCUT2D eigenvalue weighted by molar-refractivity contribution is 5.93. The summed E-state index contributed by atoms with van der Waals surface area (Å²) in [6.45, 7) is 1.02. The Kier molecular flexibility index (Phi) is 4.01. The summed E-state index contributed by atoms with van der Waals surface area (Å²) in [4.78, 5) is 0. The molecule has 0 aliphatic carbocycles. The van der Waals surface area contributed by atoms with E-state index in [4.69, 9.17) is 4.74 Å². The lowest BCUT2D eigenvalue weighted by atomic mass is 10.1. The standard InChI is InChI=1S/C18H16FNO/c19-16-9-3-4-11-18(16)21-13-12-20-17-10-5-7-14-6-1-2-8-15(14)17/h1-11,20H,12-13H2. The van der Waals surface area contributed by atoms with Gasteiger partial charge in [-0.05, 0) is 23.6 Å². The monoisotopic (exact) mass is 281 g/mol. The third-order valence-corrected chi connectivity index (χ3v) is 3.30. The van der Waals surface area contributed by atoms with E-state index in [-0.39, 0.29) is 11.6 Å². The maximum atomic E-state index is 13.4. The average Bonchev–Trinajstić information content (AvgIpc) is 2.53. The Morgan fingerprint density at radius 2 is 1.62 bits per heavy atom. The van der Waals surface area contributed by atoms with E-state index in [0.29, 0.717) is 13.2 Å². The minimum absolute atomic E-state index is 0.289. The van der Waals surface area contributed by atoms with Gasteiger partial charge in [0.2, 0.25) is 0 Å². The third kappa shape index (κ3) is 3.14. The van der Waals surface area contributed by atoms with E-state index in [1.165, 1.54) is 16.8 Å². The molecule has 21 heavy (non-hydrogen) atoms. The lowest BCUT2D eigenvalue weighted by Crippen LogP contribution is -2.12. The van der Waals surface area contributed by atoms with Crippen molar-refractivity contribution in [3.63, 3.8) is 0 Å². The Hall–Kier alpha value is -2.55. The van der Waals surface area contributed by atoms with E-state index in [0.717, 1.165) is 5.69 Å². The highest BCUT2D eigenvalue weighted by atomic mass is 19.1. The van der Waals surface area contributed by atoms with E-state index in [1.807, 2.05) is 24.3 Å². The number of nitrogens with one attached hydrogen (secondary N) is 1. The van der Waals surface area contributed by atoms with Gasteiger partial charge in [-0.2, -0.15) is 0 Å². The van der Waals surface area contributed by atoms with Gasteiger partial charge in [0.25, 0.3) is 0 Å². The zero-order valence-electron chi connectivity index (χ0n) is 11.6. The summed E-state index contributed by atoms with van der Waals surface area (Å²) in [5.74, 6) is -0.0418. The van der Waals surface area contributed by atoms with Crippen LogP contribution < -0.4 is 10.1 Å². The van der Waals surface area contributed by atoms with Crippen LogP contribution in [-0.2, 0) is 0 Å². The van der Waals surface area contributed by atoms with Gasteiger partial charge in [-0.1, -0.05) is 48.5 Å². The van der Waals surface area contributed by atoms with Crippen molar-refractivity contribution < 1.29 is 9.13 Å². The van der Waals surface area contributed by atoms with Gasteiger partial charge < -0.3 is 10.1 Å². The molecule has 0 heterocycles. The number of halogens is 1. The van der Waals surface area contributed by atoms with Crippen molar-refractivity contribution in [3.05, 3.63) is 72.5 Å². The molecule has 0 bridgehead atoms. The molecular formula is C18H16FNO. The van der Waals surface area contributed by atoms with Crippen LogP contribution in [0.4, 0.5) is 10.1 Å². The minimum Gasteiger partial charge on any atom is -0.489 e. The largest absolute Gasteiger partial charge is 0.489 e. The van der Waals surface area contributed by atoms with Crippen molar-refractivity contribution in [3.8, 4) is 5.75 Å². The van der Waals surface area contributed by atoms with E-state index in [9.17, 15) is 4.39 Å². The summed E-state index contributed by atoms with van der Waals surface area (Å²) in [6, 6.07) is 20.8. The third-order valence-electron chi connectivity index (χ3n) is 3.30. The van der Waals surface area contributed by atoms with Crippen molar-refractivity contribution in [1.82, 2.24) is 0 Å². The first-order chi connectivity index (χ1) is 10.3. The summed E-state index contributed by atoms with van der Waals surface area (Å²) in [5, 5.41) is 5.69. The molecule has 106 valence electrons. The Balaban J connectivity index is 1.61. The summed E-state index contributed by atoms with van der Waals surface area (Å²) < 4.78 is 18.8. The summed E-state index contributed by atoms with van der Waals surface area (Å²) >= 11 is 0. The smallest absolute Gasteiger partial charge is 0.165 e. The van der Waals surface area contributed by atoms with Crippen molar-refractivity contribution in [2.45, 2.75) is 0 Å². The number of rotatable bonds is 5. The lowest BCUT2D eigenvalue weighted by Gasteiger charge is -2.11. The Bertz CT molecular complexity index is 737. The van der Waals surface area contributed by atoms with Crippen molar-refractivity contribution in [1.29, 1.82) is 0 Å². The number of anilines is 1. The quantitative estimate of drug-likeness (QED) is 0.697. The highest BCUT2D eigenvalue weighted by Gasteiger charge is 2.02. The molecule has 0 saturated carbocycles. The summed E-state index contributed by atoms with van der Waals surface area (Å²) in [7, 11) is 0. The van der Waals surface area contributed by atoms with Crippen LogP contribution in [0.3, 0.4) is 0 Å². The van der Waals surface area contributed by atoms with Crippen LogP contribution >= 0.6 is 0 Å². The minimum atomic E-state index is -0.331. The van der Waals surface area contributed by atoms with Crippen LogP contribution in [0.2, 0.25) is 0 Å². The first-order valence-corrected chi connectivity index (χ1v) is 6.93. The zero-order valence-corrected chi connectivity index (χ0v) is 11.6. The summed E-state index contributed by atoms with van der Waals surface area (Å²) in [6.07, 6.45) is 0. The van der Waals surface area contributed by atoms with Crippen LogP contribution in [-0.4, -0.2) is 13.2 Å². The number of para-hydroxylation sites is 1. The molecule has 3 rings (SSSR count). The average molecular weight is 281 g/mol. The molecule has 2 nitrogen and oxygen atoms in total. The molecule has 0 amide bonds. The second-order valence-electron chi connectivity index (χ2n) is 4.73. The summed E-state index contributed by atoms with van der Waals surface area (Å²) in [5.41, 5.74) is 1.06. The van der Waals surface area contributed by atoms with Crippen LogP contribution in [0.15, 0.2) is 66.7 Å². The molecule has 0 unspecified atom stereocenters. The Labute approximate surface area is 123 Å². The van der Waals surface area contributed by atoms with Crippen LogP contribution in [0.1, 0.15) is 0 Å². The molecule has 0 aromatic heterocycles. The lowest BCUT2D eigenvalue weighted by molar-refractivity contribution is 0.315. The number of hydrogen-bond acceptors (Lipinski definition) is 2. The van der Waals surface area contributed by atoms with Crippen LogP contribution in [0.5, 0.6) is 5.75 Å². The van der Waals surface area contributed by atoms with Gasteiger partial charge in [-0.25, -0.2) is 4.39 Å². The molecule has 0 radical (unpaired) electrons. The molecule has 3 heteroatoms. The number of hydrogen-bond donors (Lipinski definition) is 1. The number of fused-ring (bicyclic) bond motifs is 1. The molecule has 1 N–H and O–H groups in total. The fraction of sp³-hybridized carbons (Fsp3) is 0.111. The highest BCUT2D eigenvalue weighted by Crippen LogP contribution is 2.22. The van der Waals surface area contributed by atoms with Crippen molar-refractivity contribution in [2.24, 2.45) is 0 Å². The van der Waals surface area contributed by atoms with Gasteiger partial charge in [-0.3, -0.25) is 0 Å². The molecule has 0 spiro atoms. The Morgan fingerprint density at radius 1 is 0.857 bits per heavy atom. The van der Waals surface area contributed by atoms with Crippen molar-refractivity contribution >= 4 is 16.5 Å². The van der Waals surface area contributed by atoms with E-state index in [1.54, 1.807) is 18.2 Å². The molecular weight excluding hydrogens is 265 g/mol. The molecule has 0 aliphatic rings. The Morgan fingerprint density at radius 3 is 2.52 bits per heavy atom. The maximum absolute atomic E-state index is 13.4. The molecule has 0 aliphatic heterocycles. The maximum Gasteiger partial charge on any atom is 0.165 e. The van der Waals surface area contributed by atoms with E-state index < -0.39 is 0 Å². The normalized spacial score (nSPS) is 10.5. The first-order valence-electron chi connectivity index (χ1n) is 6.93. The second kappa shape index (κ2) is 6.27. The zero-order chi connectivity index (χ0) is 14.5. The van der Waals surface area contributed by atoms with E-state index in [2.05, 4.69) is 23.5 Å². The van der Waals surface area contributed by atoms with Gasteiger partial charge in [-0.15, -0.1) is 0 Å². The fourth-order valence-electron chi connectivity index (χ4n) is 2.29. The SMILES string of the molecule is Fc1ccccc1OCCNc1cccc2ccccc12. The van der Waals surface area contributed by atoms with Gasteiger partial charge in [0.05, 0.1) is 0 Å². The molecule has 3 aromatic carbocycles. The molecule has 0 atom stereocenters. The fourth-order valence-corrected chi connectivity index (χ4v) is 2.29. The van der Waals surface area contributed by atoms with Crippen molar-refractivity contribution in [2.75, 3.05) is 18.5 Å². The van der Waals surface area contributed by atoms with Gasteiger partial charge in [0.15, 0.2) is 11.6 Å². The molecule has 0 saturated heterocycles. The topological polar surface area (TPSA) is 21.3 Å². The predicted octanol–water partition coefficient (Wildman–Crippen LogP) is 4.47. The molecule has 0 fully saturated rings. The van der Waals surface area contributed by atoms with Gasteiger partial charge in [0, 0.05) is 17.6 Å². The number of ether oxygens (including phenoxy) is 1. The molecule has 3 aromatic rings. The van der Waals surface area contributed by atoms with Gasteiger partial charge >= 0.3 is 0 Å².